The van der Waals surface area contributed by atoms with Crippen LogP contribution in [0.1, 0.15) is 0 Å². The number of rotatable bonds is 5. The number of aliphatic hydroxyl groups is 1. The molecule has 16 heavy (non-hydrogen) atoms. The van der Waals surface area contributed by atoms with Crippen LogP contribution in [0.15, 0.2) is 4.79 Å². The van der Waals surface area contributed by atoms with Crippen LogP contribution in [0.25, 0.3) is 0 Å². The minimum absolute atomic E-state index is 0.0830. The van der Waals surface area contributed by atoms with Crippen molar-refractivity contribution in [3.05, 3.63) is 10.5 Å². The Hall–Kier alpha value is -1.72. The molecule has 0 unspecified atom stereocenters. The van der Waals surface area contributed by atoms with Crippen molar-refractivity contribution in [1.29, 1.82) is 0 Å². The van der Waals surface area contributed by atoms with Gasteiger partial charge in [0.15, 0.2) is 0 Å². The molecule has 5 N–H and O–H groups in total. The van der Waals surface area contributed by atoms with Crippen molar-refractivity contribution in [2.45, 2.75) is 0 Å². The van der Waals surface area contributed by atoms with E-state index in [9.17, 15) is 13.2 Å². The topological polar surface area (TPSA) is 157 Å². The number of aliphatic hydroxyl groups excluding tert-OH is 1. The number of aromatic nitrogens is 3. The van der Waals surface area contributed by atoms with E-state index in [0.29, 0.717) is 0 Å². The van der Waals surface area contributed by atoms with Gasteiger partial charge in [-0.3, -0.25) is 9.54 Å². The summed E-state index contributed by atoms with van der Waals surface area (Å²) in [4.78, 5) is 20.0. The molecule has 11 heteroatoms. The lowest BCUT2D eigenvalue weighted by Gasteiger charge is -2.04. The summed E-state index contributed by atoms with van der Waals surface area (Å²) in [6.07, 6.45) is 0. The lowest BCUT2D eigenvalue weighted by atomic mass is 10.8. The van der Waals surface area contributed by atoms with Crippen molar-refractivity contribution < 1.29 is 18.1 Å². The Morgan fingerprint density at radius 1 is 1.31 bits per heavy atom. The molecule has 1 aromatic rings. The zero-order chi connectivity index (χ0) is 12.2. The van der Waals surface area contributed by atoms with Crippen molar-refractivity contribution in [3.63, 3.8) is 0 Å². The monoisotopic (exact) mass is 251 g/mol. The standard InChI is InChI=1S/C5H9N5O5S/c11-1-6-3-8-4(10-5(12)9-3)7-2-16(13,14)15/h11H,1-2H2,(H,13,14,15)(H3,6,7,8,9,10,12). The van der Waals surface area contributed by atoms with Crippen molar-refractivity contribution >= 4 is 22.0 Å². The number of hydrogen-bond donors (Lipinski definition) is 5. The van der Waals surface area contributed by atoms with Crippen LogP contribution < -0.4 is 16.3 Å². The summed E-state index contributed by atoms with van der Waals surface area (Å²) in [6.45, 7) is -0.468. The molecule has 10 nitrogen and oxygen atoms in total. The summed E-state index contributed by atoms with van der Waals surface area (Å²) in [7, 11) is -4.23. The summed E-state index contributed by atoms with van der Waals surface area (Å²) in [5, 5.41) is 12.9. The van der Waals surface area contributed by atoms with Crippen molar-refractivity contribution in [2.24, 2.45) is 0 Å². The Labute approximate surface area is 89.5 Å². The maximum atomic E-state index is 10.9. The second kappa shape index (κ2) is 4.87. The van der Waals surface area contributed by atoms with E-state index in [0.717, 1.165) is 0 Å². The van der Waals surface area contributed by atoms with Gasteiger partial charge in [0, 0.05) is 0 Å². The van der Waals surface area contributed by atoms with Gasteiger partial charge >= 0.3 is 5.69 Å². The van der Waals surface area contributed by atoms with Crippen LogP contribution in [-0.2, 0) is 10.1 Å². The van der Waals surface area contributed by atoms with Crippen LogP contribution >= 0.6 is 0 Å². The Bertz CT molecular complexity index is 510. The van der Waals surface area contributed by atoms with Crippen LogP contribution in [0, 0.1) is 0 Å². The molecule has 0 saturated heterocycles. The molecule has 90 valence electrons. The number of aromatic amines is 1. The number of H-pyrrole nitrogens is 1. The highest BCUT2D eigenvalue weighted by molar-refractivity contribution is 7.85. The number of anilines is 2. The number of hydrogen-bond acceptors (Lipinski definition) is 8. The van der Waals surface area contributed by atoms with E-state index in [-0.39, 0.29) is 11.9 Å². The van der Waals surface area contributed by atoms with Gasteiger partial charge in [-0.15, -0.1) is 0 Å². The lowest BCUT2D eigenvalue weighted by molar-refractivity contribution is 0.324. The van der Waals surface area contributed by atoms with E-state index >= 15 is 0 Å². The van der Waals surface area contributed by atoms with Crippen LogP contribution in [0.2, 0.25) is 0 Å². The average molecular weight is 251 g/mol. The minimum atomic E-state index is -4.23. The fraction of sp³-hybridized carbons (Fsp3) is 0.400. The molecule has 0 aliphatic rings. The molecule has 0 radical (unpaired) electrons. The van der Waals surface area contributed by atoms with Gasteiger partial charge in [-0.2, -0.15) is 18.4 Å². The molecule has 0 saturated carbocycles. The van der Waals surface area contributed by atoms with E-state index in [1.165, 1.54) is 0 Å². The van der Waals surface area contributed by atoms with E-state index < -0.39 is 28.4 Å². The predicted octanol–water partition coefficient (Wildman–Crippen LogP) is -2.22. The Morgan fingerprint density at radius 3 is 2.56 bits per heavy atom. The summed E-state index contributed by atoms with van der Waals surface area (Å²) < 4.78 is 29.2. The Balaban J connectivity index is 2.84. The second-order valence-corrected chi connectivity index (χ2v) is 4.02. The van der Waals surface area contributed by atoms with Gasteiger partial charge in [0.1, 0.15) is 12.6 Å². The highest BCUT2D eigenvalue weighted by atomic mass is 32.2. The van der Waals surface area contributed by atoms with E-state index in [2.05, 4.69) is 25.6 Å². The molecule has 1 aromatic heterocycles. The SMILES string of the molecule is O=c1nc(NCS(=O)(=O)O)nc(NCO)[nH]1. The van der Waals surface area contributed by atoms with E-state index in [4.69, 9.17) is 9.66 Å². The zero-order valence-corrected chi connectivity index (χ0v) is 8.65. The third kappa shape index (κ3) is 4.20. The molecule has 0 atom stereocenters. The van der Waals surface area contributed by atoms with E-state index in [1.54, 1.807) is 0 Å². The van der Waals surface area contributed by atoms with Gasteiger partial charge in [0.05, 0.1) is 0 Å². The fourth-order valence-corrected chi connectivity index (χ4v) is 1.09. The van der Waals surface area contributed by atoms with Crippen molar-refractivity contribution in [1.82, 2.24) is 15.0 Å². The first-order valence-electron chi connectivity index (χ1n) is 3.93. The molecule has 0 fully saturated rings. The summed E-state index contributed by atoms with van der Waals surface area (Å²) >= 11 is 0. The Kier molecular flexibility index (Phi) is 3.76. The van der Waals surface area contributed by atoms with Crippen LogP contribution in [-0.4, -0.2) is 45.6 Å². The molecular weight excluding hydrogens is 242 g/mol. The molecule has 1 heterocycles. The highest BCUT2D eigenvalue weighted by Crippen LogP contribution is 1.98. The van der Waals surface area contributed by atoms with Gasteiger partial charge < -0.3 is 15.7 Å². The maximum Gasteiger partial charge on any atom is 0.350 e. The summed E-state index contributed by atoms with van der Waals surface area (Å²) in [5.74, 6) is -1.20. The van der Waals surface area contributed by atoms with Gasteiger partial charge in [-0.05, 0) is 0 Å². The second-order valence-electron chi connectivity index (χ2n) is 2.56. The molecule has 1 rings (SSSR count). The third-order valence-electron chi connectivity index (χ3n) is 1.31. The predicted molar refractivity (Wildman–Crippen MR) is 53.4 cm³/mol. The maximum absolute atomic E-state index is 10.9. The molecule has 0 aromatic carbocycles. The quantitative estimate of drug-likeness (QED) is 0.289. The van der Waals surface area contributed by atoms with Gasteiger partial charge in [-0.1, -0.05) is 0 Å². The van der Waals surface area contributed by atoms with E-state index in [1.807, 2.05) is 0 Å². The summed E-state index contributed by atoms with van der Waals surface area (Å²) in [5.41, 5.74) is -0.788. The van der Waals surface area contributed by atoms with Crippen LogP contribution in [0.3, 0.4) is 0 Å². The third-order valence-corrected chi connectivity index (χ3v) is 1.82. The first-order valence-corrected chi connectivity index (χ1v) is 5.54. The largest absolute Gasteiger partial charge is 0.376 e. The van der Waals surface area contributed by atoms with Gasteiger partial charge in [-0.25, -0.2) is 4.79 Å². The van der Waals surface area contributed by atoms with Crippen molar-refractivity contribution in [3.8, 4) is 0 Å². The lowest BCUT2D eigenvalue weighted by Crippen LogP contribution is -2.21. The Morgan fingerprint density at radius 2 is 2.00 bits per heavy atom. The first kappa shape index (κ1) is 12.4. The molecule has 0 amide bonds. The molecular formula is C5H9N5O5S. The van der Waals surface area contributed by atoms with Crippen LogP contribution in [0.4, 0.5) is 11.9 Å². The summed E-state index contributed by atoms with van der Waals surface area (Å²) in [6, 6.07) is 0. The van der Waals surface area contributed by atoms with Crippen molar-refractivity contribution in [2.75, 3.05) is 23.2 Å². The number of nitrogens with zero attached hydrogens (tertiary/aromatic N) is 2. The minimum Gasteiger partial charge on any atom is -0.376 e. The normalized spacial score (nSPS) is 11.1. The smallest absolute Gasteiger partial charge is 0.350 e. The highest BCUT2D eigenvalue weighted by Gasteiger charge is 2.07. The molecule has 0 aliphatic carbocycles. The van der Waals surface area contributed by atoms with Crippen LogP contribution in [0.5, 0.6) is 0 Å². The van der Waals surface area contributed by atoms with Gasteiger partial charge in [0.25, 0.3) is 10.1 Å². The zero-order valence-electron chi connectivity index (χ0n) is 7.84. The first-order chi connectivity index (χ1) is 7.40. The molecule has 0 bridgehead atoms. The molecule has 0 spiro atoms. The molecule has 0 aliphatic heterocycles. The number of nitrogens with one attached hydrogen (secondary N) is 3. The average Bonchev–Trinajstić information content (AvgIpc) is 2.13. The fourth-order valence-electron chi connectivity index (χ4n) is 0.778. The van der Waals surface area contributed by atoms with Gasteiger partial charge in [0.2, 0.25) is 11.9 Å².